The molecule has 1 aromatic heterocycles. The van der Waals surface area contributed by atoms with Crippen LogP contribution >= 0.6 is 23.2 Å². The summed E-state index contributed by atoms with van der Waals surface area (Å²) in [5, 5.41) is 1.61. The van der Waals surface area contributed by atoms with Gasteiger partial charge in [-0.25, -0.2) is 4.98 Å². The predicted molar refractivity (Wildman–Crippen MR) is 164 cm³/mol. The third-order valence-electron chi connectivity index (χ3n) is 7.42. The highest BCUT2D eigenvalue weighted by molar-refractivity contribution is 9.10. The van der Waals surface area contributed by atoms with Gasteiger partial charge in [0, 0.05) is 11.7 Å². The van der Waals surface area contributed by atoms with E-state index in [0.717, 1.165) is 22.4 Å². The number of hydrogen-bond acceptors (Lipinski definition) is 1. The van der Waals surface area contributed by atoms with E-state index in [0.29, 0.717) is 0 Å². The molecular weight excluding hydrogens is 523 g/mol. The van der Waals surface area contributed by atoms with Crippen LogP contribution in [-0.4, -0.2) is 28.0 Å². The summed E-state index contributed by atoms with van der Waals surface area (Å²) in [5.74, 6) is 1.12. The molecule has 0 aliphatic carbocycles. The largest absolute Gasteiger partial charge is 0.319 e. The highest BCUT2D eigenvalue weighted by Crippen LogP contribution is 2.61. The van der Waals surface area contributed by atoms with Crippen LogP contribution in [0.3, 0.4) is 0 Å². The molecule has 0 saturated carbocycles. The molecule has 0 unspecified atom stereocenters. The highest BCUT2D eigenvalue weighted by atomic mass is 79.9. The Labute approximate surface area is 227 Å². The number of rotatable bonds is 13. The summed E-state index contributed by atoms with van der Waals surface area (Å²) in [5.41, 5.74) is 4.92. The third-order valence-corrected chi connectivity index (χ3v) is 13.1. The lowest BCUT2D eigenvalue weighted by molar-refractivity contribution is 0.830. The maximum Gasteiger partial charge on any atom is 0.145 e. The van der Waals surface area contributed by atoms with Crippen molar-refractivity contribution in [2.45, 2.75) is 65.8 Å². The molecule has 0 aliphatic rings. The first-order valence-corrected chi connectivity index (χ1v) is 16.9. The van der Waals surface area contributed by atoms with Crippen molar-refractivity contribution in [3.63, 3.8) is 0 Å². The van der Waals surface area contributed by atoms with Gasteiger partial charge in [-0.3, -0.25) is 0 Å². The van der Waals surface area contributed by atoms with Gasteiger partial charge < -0.3 is 4.57 Å². The van der Waals surface area contributed by atoms with Gasteiger partial charge in [0.2, 0.25) is 0 Å². The second kappa shape index (κ2) is 13.0. The van der Waals surface area contributed by atoms with Crippen molar-refractivity contribution in [3.05, 3.63) is 82.8 Å². The van der Waals surface area contributed by atoms with Gasteiger partial charge in [0.05, 0.1) is 41.6 Å². The molecule has 2 nitrogen and oxygen atoms in total. The van der Waals surface area contributed by atoms with E-state index in [9.17, 15) is 0 Å². The molecule has 4 heteroatoms. The fraction of sp³-hybridized carbons (Fsp3) is 0.406. The van der Waals surface area contributed by atoms with Gasteiger partial charge in [0.25, 0.3) is 0 Å². The Morgan fingerprint density at radius 1 is 0.722 bits per heavy atom. The number of hydrogen-bond donors (Lipinski definition) is 0. The Balaban J connectivity index is 1.91. The molecule has 0 spiro atoms. The summed E-state index contributed by atoms with van der Waals surface area (Å²) in [4.78, 5) is 5.29. The van der Waals surface area contributed by atoms with Crippen molar-refractivity contribution in [3.8, 4) is 11.4 Å². The molecular formula is C32H41BrN2P+. The van der Waals surface area contributed by atoms with Crippen molar-refractivity contribution < 1.29 is 0 Å². The minimum atomic E-state index is -1.32. The van der Waals surface area contributed by atoms with Crippen LogP contribution in [0.25, 0.3) is 22.4 Å². The first-order chi connectivity index (χ1) is 17.6. The summed E-state index contributed by atoms with van der Waals surface area (Å²) in [6.45, 7) is 7.84. The quantitative estimate of drug-likeness (QED) is 0.148. The van der Waals surface area contributed by atoms with Crippen LogP contribution in [0.5, 0.6) is 0 Å². The molecule has 0 radical (unpaired) electrons. The molecule has 0 N–H and O–H groups in total. The van der Waals surface area contributed by atoms with Crippen LogP contribution in [0, 0.1) is 0 Å². The van der Waals surface area contributed by atoms with Crippen LogP contribution in [0.1, 0.15) is 64.9 Å². The fourth-order valence-electron chi connectivity index (χ4n) is 5.39. The molecule has 4 aromatic rings. The van der Waals surface area contributed by atoms with Crippen LogP contribution < -0.4 is 5.30 Å². The Kier molecular flexibility index (Phi) is 9.80. The molecule has 0 fully saturated rings. The topological polar surface area (TPSA) is 17.8 Å². The van der Waals surface area contributed by atoms with E-state index in [1.807, 2.05) is 0 Å². The molecule has 36 heavy (non-hydrogen) atoms. The van der Waals surface area contributed by atoms with E-state index in [2.05, 4.69) is 114 Å². The van der Waals surface area contributed by atoms with Crippen molar-refractivity contribution in [2.75, 3.05) is 18.5 Å². The SMILES string of the molecule is CCCC[P+](CCCC)(CCCC)c1ccccc1-c1nc2ccccc2n1Cc1ccccc1Br. The molecule has 0 aliphatic heterocycles. The lowest BCUT2D eigenvalue weighted by Crippen LogP contribution is -2.24. The lowest BCUT2D eigenvalue weighted by Gasteiger charge is -2.29. The minimum absolute atomic E-state index is 0.802. The predicted octanol–water partition coefficient (Wildman–Crippen LogP) is 9.56. The number of halogens is 1. The zero-order valence-electron chi connectivity index (χ0n) is 22.2. The van der Waals surface area contributed by atoms with Crippen LogP contribution in [-0.2, 0) is 6.54 Å². The van der Waals surface area contributed by atoms with Gasteiger partial charge in [0.15, 0.2) is 0 Å². The molecule has 190 valence electrons. The Morgan fingerprint density at radius 2 is 1.31 bits per heavy atom. The van der Waals surface area contributed by atoms with Gasteiger partial charge >= 0.3 is 0 Å². The van der Waals surface area contributed by atoms with Crippen molar-refractivity contribution in [2.24, 2.45) is 0 Å². The Hall–Kier alpha value is -1.96. The van der Waals surface area contributed by atoms with E-state index in [-0.39, 0.29) is 0 Å². The van der Waals surface area contributed by atoms with Crippen molar-refractivity contribution in [1.29, 1.82) is 0 Å². The van der Waals surface area contributed by atoms with Crippen molar-refractivity contribution >= 4 is 39.5 Å². The fourth-order valence-corrected chi connectivity index (χ4v) is 11.0. The standard InChI is InChI=1S/C32H41BrN2P/c1-4-7-22-36(23-8-5-2,24-9-6-3)31-21-15-11-17-27(31)32-34-29-19-13-14-20-30(29)35(32)25-26-16-10-12-18-28(26)33/h10-21H,4-9,22-25H2,1-3H3/q+1. The maximum absolute atomic E-state index is 5.29. The molecule has 4 rings (SSSR count). The number of fused-ring (bicyclic) bond motifs is 1. The van der Waals surface area contributed by atoms with E-state index in [1.54, 1.807) is 5.30 Å². The van der Waals surface area contributed by atoms with Crippen LogP contribution in [0.15, 0.2) is 77.3 Å². The Morgan fingerprint density at radius 3 is 1.97 bits per heavy atom. The molecule has 0 saturated heterocycles. The van der Waals surface area contributed by atoms with Gasteiger partial charge in [-0.1, -0.05) is 98.4 Å². The summed E-state index contributed by atoms with van der Waals surface area (Å²) < 4.78 is 3.60. The number of para-hydroxylation sites is 2. The van der Waals surface area contributed by atoms with Gasteiger partial charge in [-0.2, -0.15) is 0 Å². The van der Waals surface area contributed by atoms with E-state index in [4.69, 9.17) is 4.98 Å². The number of imidazole rings is 1. The van der Waals surface area contributed by atoms with Gasteiger partial charge in [0.1, 0.15) is 11.1 Å². The molecule has 0 amide bonds. The summed E-state index contributed by atoms with van der Waals surface area (Å²) >= 11 is 3.79. The summed E-state index contributed by atoms with van der Waals surface area (Å²) in [6.07, 6.45) is 11.9. The Bertz CT molecular complexity index is 1240. The monoisotopic (exact) mass is 563 g/mol. The van der Waals surface area contributed by atoms with Crippen LogP contribution in [0.4, 0.5) is 0 Å². The lowest BCUT2D eigenvalue weighted by atomic mass is 10.2. The van der Waals surface area contributed by atoms with Crippen molar-refractivity contribution in [1.82, 2.24) is 9.55 Å². The molecule has 0 atom stereocenters. The number of unbranched alkanes of at least 4 members (excludes halogenated alkanes) is 3. The van der Waals surface area contributed by atoms with E-state index in [1.165, 1.54) is 73.7 Å². The number of nitrogens with zero attached hydrogens (tertiary/aromatic N) is 2. The normalized spacial score (nSPS) is 11.9. The molecule has 0 bridgehead atoms. The minimum Gasteiger partial charge on any atom is -0.319 e. The second-order valence-electron chi connectivity index (χ2n) is 10.00. The first-order valence-electron chi connectivity index (χ1n) is 13.8. The second-order valence-corrected chi connectivity index (χ2v) is 15.0. The maximum atomic E-state index is 5.29. The number of benzene rings is 3. The van der Waals surface area contributed by atoms with Gasteiger partial charge in [-0.05, 0) is 55.2 Å². The van der Waals surface area contributed by atoms with E-state index < -0.39 is 7.26 Å². The zero-order valence-corrected chi connectivity index (χ0v) is 24.7. The zero-order chi connectivity index (χ0) is 25.4. The summed E-state index contributed by atoms with van der Waals surface area (Å²) in [7, 11) is -1.32. The molecule has 3 aromatic carbocycles. The first kappa shape index (κ1) is 27.1. The van der Waals surface area contributed by atoms with E-state index >= 15 is 0 Å². The molecule has 1 heterocycles. The smallest absolute Gasteiger partial charge is 0.145 e. The summed E-state index contributed by atoms with van der Waals surface area (Å²) in [6, 6.07) is 26.5. The number of aromatic nitrogens is 2. The van der Waals surface area contributed by atoms with Crippen LogP contribution in [0.2, 0.25) is 0 Å². The average molecular weight is 565 g/mol. The van der Waals surface area contributed by atoms with Gasteiger partial charge in [-0.15, -0.1) is 0 Å². The third kappa shape index (κ3) is 5.95. The highest BCUT2D eigenvalue weighted by Gasteiger charge is 2.40. The average Bonchev–Trinajstić information content (AvgIpc) is 3.28.